The van der Waals surface area contributed by atoms with E-state index in [1.807, 2.05) is 14.0 Å². The first-order chi connectivity index (χ1) is 35.3. The highest BCUT2D eigenvalue weighted by Crippen LogP contribution is 2.76. The highest BCUT2D eigenvalue weighted by Gasteiger charge is 2.72. The third kappa shape index (κ3) is 10.3. The normalized spacial score (nSPS) is 48.5. The summed E-state index contributed by atoms with van der Waals surface area (Å²) in [7, 11) is -0.251. The maximum atomic E-state index is 14.2. The number of rotatable bonds is 15. The molecule has 7 fully saturated rings. The van der Waals surface area contributed by atoms with Gasteiger partial charge in [0.25, 0.3) is 0 Å². The summed E-state index contributed by atoms with van der Waals surface area (Å²) in [6.45, 7) is 40.3. The van der Waals surface area contributed by atoms with Gasteiger partial charge in [0.1, 0.15) is 18.2 Å². The number of methoxy groups -OCH3 is 1. The highest BCUT2D eigenvalue weighted by atomic mass is 28.4. The fourth-order valence-electron chi connectivity index (χ4n) is 18.0. The lowest BCUT2D eigenvalue weighted by Crippen LogP contribution is -2.68. The van der Waals surface area contributed by atoms with Crippen LogP contribution in [0.1, 0.15) is 182 Å². The molecule has 75 heavy (non-hydrogen) atoms. The van der Waals surface area contributed by atoms with E-state index in [9.17, 15) is 9.59 Å². The fraction of sp³-hybridized carbons (Fsp3) is 0.919. The van der Waals surface area contributed by atoms with Gasteiger partial charge in [-0.25, -0.2) is 0 Å². The van der Waals surface area contributed by atoms with Gasteiger partial charge in [-0.15, -0.1) is 0 Å². The maximum Gasteiger partial charge on any atom is 0.373 e. The monoisotopic (exact) mass is 1070 g/mol. The van der Waals surface area contributed by atoms with Crippen molar-refractivity contribution in [1.82, 2.24) is 0 Å². The first kappa shape index (κ1) is 61.0. The molecule has 428 valence electrons. The summed E-state index contributed by atoms with van der Waals surface area (Å²) >= 11 is 0. The van der Waals surface area contributed by atoms with E-state index in [0.717, 1.165) is 82.3 Å². The molecule has 4 saturated carbocycles. The number of allylic oxidation sites excluding steroid dienone is 2. The van der Waals surface area contributed by atoms with Crippen molar-refractivity contribution in [3.05, 3.63) is 11.6 Å². The van der Waals surface area contributed by atoms with Gasteiger partial charge >= 0.3 is 6.15 Å². The van der Waals surface area contributed by atoms with Crippen LogP contribution in [-0.4, -0.2) is 102 Å². The summed E-state index contributed by atoms with van der Waals surface area (Å²) < 4.78 is 56.7. The molecule has 0 aromatic rings. The number of hydrogen-bond acceptors (Lipinski definition) is 12. The minimum atomic E-state index is -2.10. The first-order valence-electron chi connectivity index (χ1n) is 30.0. The van der Waals surface area contributed by atoms with E-state index in [-0.39, 0.29) is 75.7 Å². The second-order valence-electron chi connectivity index (χ2n) is 27.7. The molecule has 0 bridgehead atoms. The Morgan fingerprint density at radius 2 is 1.35 bits per heavy atom. The van der Waals surface area contributed by atoms with Gasteiger partial charge in [-0.05, 0) is 152 Å². The molecule has 5 aliphatic carbocycles. The summed E-state index contributed by atoms with van der Waals surface area (Å²) in [5, 5.41) is 0. The Morgan fingerprint density at radius 3 is 1.95 bits per heavy atom. The van der Waals surface area contributed by atoms with Gasteiger partial charge in [0.2, 0.25) is 0 Å². The van der Waals surface area contributed by atoms with Crippen LogP contribution in [0.2, 0.25) is 18.1 Å². The lowest BCUT2D eigenvalue weighted by molar-refractivity contribution is -0.370. The van der Waals surface area contributed by atoms with E-state index in [1.54, 1.807) is 0 Å². The number of fused-ring (bicyclic) bond motifs is 7. The Labute approximate surface area is 454 Å². The average molecular weight is 1070 g/mol. The van der Waals surface area contributed by atoms with Crippen molar-refractivity contribution in [3.63, 3.8) is 0 Å². The summed E-state index contributed by atoms with van der Waals surface area (Å²) in [5.74, 6) is 2.43. The van der Waals surface area contributed by atoms with Crippen LogP contribution < -0.4 is 0 Å². The topological polar surface area (TPSA) is 142 Å². The second-order valence-corrected chi connectivity index (χ2v) is 32.5. The quantitative estimate of drug-likeness (QED) is 0.0667. The lowest BCUT2D eigenvalue weighted by Gasteiger charge is -2.72. The molecule has 3 heterocycles. The van der Waals surface area contributed by atoms with Gasteiger partial charge in [-0.3, -0.25) is 4.79 Å². The zero-order valence-corrected chi connectivity index (χ0v) is 51.1. The van der Waals surface area contributed by atoms with Crippen molar-refractivity contribution >= 4 is 26.5 Å². The van der Waals surface area contributed by atoms with Crippen LogP contribution in [0.5, 0.6) is 0 Å². The van der Waals surface area contributed by atoms with Gasteiger partial charge in [0.15, 0.2) is 27.2 Å². The molecule has 3 saturated heterocycles. The summed E-state index contributed by atoms with van der Waals surface area (Å²) in [6.07, 6.45) is 9.64. The molecule has 0 radical (unpaired) electrons. The highest BCUT2D eigenvalue weighted by molar-refractivity contribution is 6.73. The Morgan fingerprint density at radius 1 is 0.720 bits per heavy atom. The van der Waals surface area contributed by atoms with Gasteiger partial charge in [-0.1, -0.05) is 122 Å². The molecular weight excluding hydrogens is 965 g/mol. The van der Waals surface area contributed by atoms with Gasteiger partial charge in [0, 0.05) is 18.9 Å². The van der Waals surface area contributed by atoms with Crippen LogP contribution in [0, 0.1) is 85.8 Å². The molecule has 12 nitrogen and oxygen atoms in total. The molecule has 8 rings (SSSR count). The van der Waals surface area contributed by atoms with Crippen LogP contribution in [0.15, 0.2) is 11.6 Å². The first-order valence-corrected chi connectivity index (χ1v) is 32.5. The van der Waals surface area contributed by atoms with E-state index in [2.05, 4.69) is 117 Å². The SMILES string of the molecule is CCC1O[C@@H](OC2[C@H](O[C@H]3CCC4(C)C5CC=C6C7CC(C)(C)CC[C@]7(C(C)=O)C(OC)C[C@@]6(C)[C@@]5(C)CC[C@H]4[C@@]3(C)C=O)OC[C@@H](C)[C@@H]2O[C@@H]2OC[C@@H](C)[C@H](C)C2C)C(O[Si](CC)(CC)CC)[C@@H](C)[C@H]1C.O=C=O. The molecule has 23 atom stereocenters. The van der Waals surface area contributed by atoms with E-state index in [0.29, 0.717) is 42.7 Å². The van der Waals surface area contributed by atoms with E-state index >= 15 is 0 Å². The molecule has 3 aliphatic heterocycles. The molecule has 0 aromatic heterocycles. The van der Waals surface area contributed by atoms with Crippen LogP contribution in [0.4, 0.5) is 0 Å². The van der Waals surface area contributed by atoms with Crippen LogP contribution in [-0.2, 0) is 56.8 Å². The minimum Gasteiger partial charge on any atom is -0.408 e. The molecule has 8 aliphatic rings. The third-order valence-electron chi connectivity index (χ3n) is 24.0. The Balaban J connectivity index is 0.00000267. The molecular formula is C62H104O12Si. The number of Topliss-reactive ketones (excluding diaryl/α,β-unsaturated/α-hetero) is 1. The fourth-order valence-corrected chi connectivity index (χ4v) is 20.9. The Kier molecular flexibility index (Phi) is 18.8. The maximum absolute atomic E-state index is 14.2. The van der Waals surface area contributed by atoms with Gasteiger partial charge in [-0.2, -0.15) is 9.59 Å². The van der Waals surface area contributed by atoms with Gasteiger partial charge < -0.3 is 42.4 Å². The molecule has 8 unspecified atom stereocenters. The average Bonchev–Trinajstić information content (AvgIpc) is 3.37. The summed E-state index contributed by atoms with van der Waals surface area (Å²) in [4.78, 5) is 44.5. The number of ketones is 1. The van der Waals surface area contributed by atoms with Crippen molar-refractivity contribution in [1.29, 1.82) is 0 Å². The number of hydrogen-bond donors (Lipinski definition) is 0. The number of carbonyl (C=O) groups excluding carboxylic acids is 4. The van der Waals surface area contributed by atoms with Crippen LogP contribution >= 0.6 is 0 Å². The van der Waals surface area contributed by atoms with Crippen molar-refractivity contribution in [2.24, 2.45) is 85.8 Å². The predicted molar refractivity (Wildman–Crippen MR) is 291 cm³/mol. The number of carbonyl (C=O) groups is 2. The van der Waals surface area contributed by atoms with Crippen LogP contribution in [0.3, 0.4) is 0 Å². The smallest absolute Gasteiger partial charge is 0.373 e. The molecule has 0 spiro atoms. The van der Waals surface area contributed by atoms with Gasteiger partial charge in [0.05, 0.1) is 54.6 Å². The van der Waals surface area contributed by atoms with E-state index in [1.165, 1.54) is 11.9 Å². The minimum absolute atomic E-state index is 0.00928. The number of ether oxygens (including phenoxy) is 7. The molecule has 0 amide bonds. The Bertz CT molecular complexity index is 2050. The van der Waals surface area contributed by atoms with Crippen molar-refractivity contribution < 1.29 is 56.8 Å². The Hall–Kier alpha value is -1.64. The lowest BCUT2D eigenvalue weighted by atomic mass is 9.33. The van der Waals surface area contributed by atoms with Crippen LogP contribution in [0.25, 0.3) is 0 Å². The van der Waals surface area contributed by atoms with Crippen molar-refractivity contribution in [2.75, 3.05) is 20.3 Å². The summed E-state index contributed by atoms with van der Waals surface area (Å²) in [6, 6.07) is 3.10. The molecule has 0 aromatic carbocycles. The third-order valence-corrected chi connectivity index (χ3v) is 28.6. The largest absolute Gasteiger partial charge is 0.408 e. The standard InChI is InChI=1S/C61H104O10Si.CO2/c1-19-45-39(8)40(9)51(71-72(20-2,21-3)22-4)55(67-45)70-52-50(69-53-41(10)38(7)36(5)33-65-53)37(6)34-66-54(52)68-48-26-27-57(14)46(58(48,15)35-62)25-28-59(16)47(57)24-23-43-44-31-56(12,13)29-30-61(44,42(11)63)49(64-18)32-60(43,59)17;2-1-3/h23,35-41,44-55H,19-22,24-34H2,1-18H3;/t36-,37-,38+,39-,40+,41?,44?,45?,46-,47?,48+,49?,50+,51?,52?,53+,54+,55+,57?,58-,59+,60-,61-;/m1./s1. The van der Waals surface area contributed by atoms with E-state index in [4.69, 9.17) is 47.2 Å². The number of aldehydes is 1. The summed E-state index contributed by atoms with van der Waals surface area (Å²) in [5.41, 5.74) is 0.106. The zero-order valence-electron chi connectivity index (χ0n) is 50.1. The second kappa shape index (κ2) is 23.1. The van der Waals surface area contributed by atoms with Crippen molar-refractivity contribution in [2.45, 2.75) is 256 Å². The molecule has 13 heteroatoms. The molecule has 0 N–H and O–H groups in total. The van der Waals surface area contributed by atoms with E-state index < -0.39 is 56.3 Å². The van der Waals surface area contributed by atoms with Crippen molar-refractivity contribution in [3.8, 4) is 0 Å². The zero-order chi connectivity index (χ0) is 55.4. The predicted octanol–water partition coefficient (Wildman–Crippen LogP) is 12.8.